The van der Waals surface area contributed by atoms with Crippen molar-refractivity contribution in [2.24, 2.45) is 0 Å². The van der Waals surface area contributed by atoms with Gasteiger partial charge in [-0.1, -0.05) is 42.8 Å². The molecule has 0 saturated carbocycles. The highest BCUT2D eigenvalue weighted by Gasteiger charge is 2.20. The third-order valence-electron chi connectivity index (χ3n) is 5.49. The lowest BCUT2D eigenvalue weighted by Crippen LogP contribution is -2.33. The molecule has 5 nitrogen and oxygen atoms in total. The zero-order valence-corrected chi connectivity index (χ0v) is 16.6. The van der Waals surface area contributed by atoms with Crippen LogP contribution in [-0.4, -0.2) is 37.1 Å². The summed E-state index contributed by atoms with van der Waals surface area (Å²) in [6.45, 7) is 4.88. The summed E-state index contributed by atoms with van der Waals surface area (Å²) in [5.41, 5.74) is 1.77. The van der Waals surface area contributed by atoms with E-state index >= 15 is 0 Å². The summed E-state index contributed by atoms with van der Waals surface area (Å²) in [6, 6.07) is 14.6. The first-order valence-corrected chi connectivity index (χ1v) is 10.2. The van der Waals surface area contributed by atoms with E-state index in [1.54, 1.807) is 25.1 Å². The second-order valence-corrected chi connectivity index (χ2v) is 7.47. The lowest BCUT2D eigenvalue weighted by molar-refractivity contribution is 0.0454. The normalized spacial score (nSPS) is 14.8. The van der Waals surface area contributed by atoms with Gasteiger partial charge >= 0.3 is 5.97 Å². The Morgan fingerprint density at radius 1 is 1.03 bits per heavy atom. The van der Waals surface area contributed by atoms with Gasteiger partial charge in [-0.15, -0.1) is 0 Å². The monoisotopic (exact) mass is 391 g/mol. The molecule has 29 heavy (non-hydrogen) atoms. The minimum atomic E-state index is -0.480. The topological polar surface area (TPSA) is 59.8 Å². The maximum absolute atomic E-state index is 13.1. The van der Waals surface area contributed by atoms with E-state index in [9.17, 15) is 9.59 Å². The maximum Gasteiger partial charge on any atom is 0.339 e. The van der Waals surface area contributed by atoms with Crippen molar-refractivity contribution in [3.63, 3.8) is 0 Å². The molecule has 0 atom stereocenters. The number of benzene rings is 2. The number of rotatable bonds is 5. The van der Waals surface area contributed by atoms with Crippen molar-refractivity contribution < 1.29 is 13.9 Å². The van der Waals surface area contributed by atoms with Crippen LogP contribution in [0.1, 0.15) is 35.2 Å². The number of carbonyl (C=O) groups excluding carboxylic acids is 1. The molecule has 1 aliphatic heterocycles. The van der Waals surface area contributed by atoms with Crippen LogP contribution < -0.4 is 5.43 Å². The average Bonchev–Trinajstić information content (AvgIpc) is 2.77. The Labute approximate surface area is 169 Å². The fraction of sp³-hybridized carbons (Fsp3) is 0.333. The summed E-state index contributed by atoms with van der Waals surface area (Å²) in [5, 5.41) is 0.285. The quantitative estimate of drug-likeness (QED) is 0.603. The fourth-order valence-corrected chi connectivity index (χ4v) is 3.89. The molecule has 4 rings (SSSR count). The molecule has 1 saturated heterocycles. The Hall–Kier alpha value is -2.92. The average molecular weight is 391 g/mol. The molecule has 2 aromatic carbocycles. The molecule has 1 aliphatic rings. The highest BCUT2D eigenvalue weighted by atomic mass is 16.5. The largest absolute Gasteiger partial charge is 0.461 e. The van der Waals surface area contributed by atoms with Gasteiger partial charge in [-0.3, -0.25) is 9.69 Å². The molecule has 0 N–H and O–H groups in total. The Morgan fingerprint density at radius 3 is 2.55 bits per heavy atom. The van der Waals surface area contributed by atoms with Crippen molar-refractivity contribution in [3.8, 4) is 11.3 Å². The Balaban J connectivity index is 1.61. The second kappa shape index (κ2) is 8.62. The van der Waals surface area contributed by atoms with Crippen LogP contribution in [0.15, 0.2) is 57.7 Å². The maximum atomic E-state index is 13.1. The van der Waals surface area contributed by atoms with Gasteiger partial charge in [0.15, 0.2) is 5.43 Å². The number of piperidine rings is 1. The number of esters is 1. The standard InChI is InChI=1S/C24H25NO4/c1-17-22(26)21-19(24(27)28-16-15-25-13-6-3-7-14-25)11-8-12-20(21)29-23(17)18-9-4-2-5-10-18/h2,4-5,8-12H,3,6-7,13-16H2,1H3. The summed E-state index contributed by atoms with van der Waals surface area (Å²) in [4.78, 5) is 28.1. The molecule has 0 bridgehead atoms. The summed E-state index contributed by atoms with van der Waals surface area (Å²) >= 11 is 0. The predicted molar refractivity (Wildman–Crippen MR) is 113 cm³/mol. The van der Waals surface area contributed by atoms with Crippen LogP contribution in [-0.2, 0) is 4.74 Å². The zero-order valence-electron chi connectivity index (χ0n) is 16.6. The van der Waals surface area contributed by atoms with Crippen molar-refractivity contribution >= 4 is 16.9 Å². The SMILES string of the molecule is Cc1c(-c2ccccc2)oc2cccc(C(=O)OCCN3CCCCC3)c2c1=O. The van der Waals surface area contributed by atoms with Crippen LogP contribution in [0, 0.1) is 6.92 Å². The summed E-state index contributed by atoms with van der Waals surface area (Å²) in [7, 11) is 0. The Bertz CT molecular complexity index is 1070. The van der Waals surface area contributed by atoms with Gasteiger partial charge in [-0.2, -0.15) is 0 Å². The Kier molecular flexibility index (Phi) is 5.76. The second-order valence-electron chi connectivity index (χ2n) is 7.47. The van der Waals surface area contributed by atoms with Gasteiger partial charge in [0.25, 0.3) is 0 Å². The minimum Gasteiger partial charge on any atom is -0.461 e. The lowest BCUT2D eigenvalue weighted by Gasteiger charge is -2.25. The van der Waals surface area contributed by atoms with E-state index in [0.717, 1.165) is 25.2 Å². The molecular formula is C24H25NO4. The van der Waals surface area contributed by atoms with Gasteiger partial charge in [0.1, 0.15) is 18.0 Å². The molecule has 2 heterocycles. The van der Waals surface area contributed by atoms with Crippen LogP contribution >= 0.6 is 0 Å². The van der Waals surface area contributed by atoms with E-state index in [2.05, 4.69) is 4.90 Å². The molecule has 1 fully saturated rings. The van der Waals surface area contributed by atoms with Crippen molar-refractivity contribution in [1.29, 1.82) is 0 Å². The molecule has 0 aliphatic carbocycles. The Morgan fingerprint density at radius 2 is 1.79 bits per heavy atom. The van der Waals surface area contributed by atoms with Crippen LogP contribution in [0.4, 0.5) is 0 Å². The highest BCUT2D eigenvalue weighted by molar-refractivity contribution is 6.03. The van der Waals surface area contributed by atoms with Crippen molar-refractivity contribution in [1.82, 2.24) is 4.90 Å². The molecule has 0 radical (unpaired) electrons. The van der Waals surface area contributed by atoms with Crippen LogP contribution in [0.2, 0.25) is 0 Å². The van der Waals surface area contributed by atoms with Crippen molar-refractivity contribution in [3.05, 3.63) is 69.9 Å². The van der Waals surface area contributed by atoms with E-state index in [-0.39, 0.29) is 16.4 Å². The molecule has 150 valence electrons. The minimum absolute atomic E-state index is 0.200. The molecule has 3 aromatic rings. The number of hydrogen-bond acceptors (Lipinski definition) is 5. The number of carbonyl (C=O) groups is 1. The van der Waals surface area contributed by atoms with Crippen LogP contribution in [0.5, 0.6) is 0 Å². The smallest absolute Gasteiger partial charge is 0.339 e. The van der Waals surface area contributed by atoms with Gasteiger partial charge < -0.3 is 9.15 Å². The van der Waals surface area contributed by atoms with Gasteiger partial charge in [-0.25, -0.2) is 4.79 Å². The van der Waals surface area contributed by atoms with Gasteiger partial charge in [0, 0.05) is 17.7 Å². The van der Waals surface area contributed by atoms with E-state index in [1.165, 1.54) is 19.3 Å². The molecule has 5 heteroatoms. The highest BCUT2D eigenvalue weighted by Crippen LogP contribution is 2.27. The van der Waals surface area contributed by atoms with Crippen molar-refractivity contribution in [2.75, 3.05) is 26.2 Å². The molecule has 0 amide bonds. The number of nitrogens with zero attached hydrogens (tertiary/aromatic N) is 1. The number of hydrogen-bond donors (Lipinski definition) is 0. The van der Waals surface area contributed by atoms with E-state index in [4.69, 9.17) is 9.15 Å². The van der Waals surface area contributed by atoms with E-state index in [0.29, 0.717) is 23.5 Å². The number of fused-ring (bicyclic) bond motifs is 1. The third kappa shape index (κ3) is 4.10. The van der Waals surface area contributed by atoms with E-state index in [1.807, 2.05) is 30.3 Å². The van der Waals surface area contributed by atoms with Crippen LogP contribution in [0.25, 0.3) is 22.3 Å². The van der Waals surface area contributed by atoms with Crippen molar-refractivity contribution in [2.45, 2.75) is 26.2 Å². The zero-order chi connectivity index (χ0) is 20.2. The van der Waals surface area contributed by atoms with Gasteiger partial charge in [0.2, 0.25) is 0 Å². The molecule has 0 unspecified atom stereocenters. The first kappa shape index (κ1) is 19.4. The predicted octanol–water partition coefficient (Wildman–Crippen LogP) is 4.41. The third-order valence-corrected chi connectivity index (χ3v) is 5.49. The summed E-state index contributed by atoms with van der Waals surface area (Å²) < 4.78 is 11.5. The molecule has 1 aromatic heterocycles. The number of likely N-dealkylation sites (tertiary alicyclic amines) is 1. The lowest BCUT2D eigenvalue weighted by atomic mass is 10.0. The van der Waals surface area contributed by atoms with Crippen LogP contribution in [0.3, 0.4) is 0 Å². The summed E-state index contributed by atoms with van der Waals surface area (Å²) in [5.74, 6) is 0.0467. The van der Waals surface area contributed by atoms with Gasteiger partial charge in [-0.05, 0) is 45.0 Å². The first-order chi connectivity index (χ1) is 14.1. The molecular weight excluding hydrogens is 366 g/mol. The number of ether oxygens (including phenoxy) is 1. The van der Waals surface area contributed by atoms with E-state index < -0.39 is 5.97 Å². The molecule has 0 spiro atoms. The first-order valence-electron chi connectivity index (χ1n) is 10.2. The fourth-order valence-electron chi connectivity index (χ4n) is 3.89. The van der Waals surface area contributed by atoms with Gasteiger partial charge in [0.05, 0.1) is 10.9 Å². The summed E-state index contributed by atoms with van der Waals surface area (Å²) in [6.07, 6.45) is 3.66.